The molecule has 0 spiro atoms. The molecule has 0 amide bonds. The van der Waals surface area contributed by atoms with Crippen molar-refractivity contribution in [2.24, 2.45) is 5.10 Å². The van der Waals surface area contributed by atoms with E-state index in [0.717, 1.165) is 6.42 Å². The molecule has 0 atom stereocenters. The van der Waals surface area contributed by atoms with Crippen LogP contribution in [0.1, 0.15) is 6.42 Å². The van der Waals surface area contributed by atoms with E-state index in [0.29, 0.717) is 13.0 Å². The number of carbonyl (C=O) groups excluding carboxylic acids is 1. The molecule has 1 aliphatic rings. The first kappa shape index (κ1) is 5.08. The standard InChI is InChI=1S/C4H6N2O2/c7-4-8-6-3-1-2-5-6/h2,4H,1,3H2. The third-order valence-corrected chi connectivity index (χ3v) is 0.825. The van der Waals surface area contributed by atoms with Gasteiger partial charge in [-0.3, -0.25) is 4.79 Å². The summed E-state index contributed by atoms with van der Waals surface area (Å²) in [5.41, 5.74) is 0. The summed E-state index contributed by atoms with van der Waals surface area (Å²) in [6.45, 7) is 1.04. The van der Waals surface area contributed by atoms with Gasteiger partial charge in [-0.25, -0.2) is 0 Å². The molecule has 0 saturated heterocycles. The fourth-order valence-electron chi connectivity index (χ4n) is 0.504. The zero-order chi connectivity index (χ0) is 5.82. The van der Waals surface area contributed by atoms with Gasteiger partial charge in [0.25, 0.3) is 0 Å². The number of hydrogen-bond donors (Lipinski definition) is 0. The Bertz CT molecular complexity index is 113. The zero-order valence-corrected chi connectivity index (χ0v) is 4.28. The molecule has 0 aromatic rings. The molecule has 1 heterocycles. The highest BCUT2D eigenvalue weighted by molar-refractivity contribution is 5.58. The summed E-state index contributed by atoms with van der Waals surface area (Å²) in [6.07, 6.45) is 2.55. The molecule has 0 aliphatic carbocycles. The van der Waals surface area contributed by atoms with Crippen LogP contribution in [0.4, 0.5) is 0 Å². The van der Waals surface area contributed by atoms with E-state index in [4.69, 9.17) is 0 Å². The van der Waals surface area contributed by atoms with Gasteiger partial charge >= 0.3 is 6.47 Å². The molecular formula is C4H6N2O2. The first-order valence-corrected chi connectivity index (χ1v) is 2.34. The van der Waals surface area contributed by atoms with E-state index in [1.807, 2.05) is 0 Å². The fraction of sp³-hybridized carbons (Fsp3) is 0.500. The molecule has 0 saturated carbocycles. The minimum atomic E-state index is 0.364. The first-order chi connectivity index (χ1) is 3.93. The van der Waals surface area contributed by atoms with Gasteiger partial charge < -0.3 is 4.84 Å². The van der Waals surface area contributed by atoms with Gasteiger partial charge in [-0.05, 0) is 0 Å². The summed E-state index contributed by atoms with van der Waals surface area (Å²) >= 11 is 0. The first-order valence-electron chi connectivity index (χ1n) is 2.34. The third kappa shape index (κ3) is 0.959. The highest BCUT2D eigenvalue weighted by atomic mass is 16.7. The Kier molecular flexibility index (Phi) is 1.46. The van der Waals surface area contributed by atoms with Crippen molar-refractivity contribution >= 4 is 12.7 Å². The van der Waals surface area contributed by atoms with Gasteiger partial charge in [-0.1, -0.05) is 0 Å². The Hall–Kier alpha value is -1.06. The van der Waals surface area contributed by atoms with E-state index in [2.05, 4.69) is 9.94 Å². The van der Waals surface area contributed by atoms with Crippen molar-refractivity contribution in [1.82, 2.24) is 5.17 Å². The third-order valence-electron chi connectivity index (χ3n) is 0.825. The number of rotatable bonds is 2. The SMILES string of the molecule is O=CON1CCC=N1. The normalized spacial score (nSPS) is 16.8. The van der Waals surface area contributed by atoms with Gasteiger partial charge in [0.1, 0.15) is 0 Å². The van der Waals surface area contributed by atoms with Gasteiger partial charge in [0.05, 0.1) is 6.54 Å². The second-order valence-corrected chi connectivity index (χ2v) is 1.36. The Morgan fingerprint density at radius 3 is 3.25 bits per heavy atom. The molecule has 0 unspecified atom stereocenters. The molecule has 1 aliphatic heterocycles. The molecule has 4 nitrogen and oxygen atoms in total. The lowest BCUT2D eigenvalue weighted by molar-refractivity contribution is -0.170. The van der Waals surface area contributed by atoms with Crippen molar-refractivity contribution in [3.63, 3.8) is 0 Å². The maximum atomic E-state index is 9.62. The van der Waals surface area contributed by atoms with Crippen LogP contribution in [-0.2, 0) is 9.63 Å². The number of carbonyl (C=O) groups is 1. The largest absolute Gasteiger partial charge is 0.327 e. The van der Waals surface area contributed by atoms with Crippen molar-refractivity contribution in [1.29, 1.82) is 0 Å². The average molecular weight is 114 g/mol. The number of nitrogens with zero attached hydrogens (tertiary/aromatic N) is 2. The van der Waals surface area contributed by atoms with Crippen LogP contribution in [0.15, 0.2) is 5.10 Å². The van der Waals surface area contributed by atoms with Crippen LogP contribution in [0.2, 0.25) is 0 Å². The van der Waals surface area contributed by atoms with Crippen LogP contribution in [0, 0.1) is 0 Å². The Morgan fingerprint density at radius 1 is 1.88 bits per heavy atom. The van der Waals surface area contributed by atoms with Gasteiger partial charge in [-0.2, -0.15) is 5.10 Å². The molecule has 0 aromatic carbocycles. The molecule has 1 rings (SSSR count). The Balaban J connectivity index is 2.25. The summed E-state index contributed by atoms with van der Waals surface area (Å²) in [5.74, 6) is 0. The molecule has 0 radical (unpaired) electrons. The number of hydrazone groups is 1. The Morgan fingerprint density at radius 2 is 2.75 bits per heavy atom. The van der Waals surface area contributed by atoms with Gasteiger partial charge in [0, 0.05) is 12.6 Å². The van der Waals surface area contributed by atoms with Gasteiger partial charge in [-0.15, -0.1) is 5.17 Å². The molecule has 0 bridgehead atoms. The van der Waals surface area contributed by atoms with Gasteiger partial charge in [0.15, 0.2) is 0 Å². The quantitative estimate of drug-likeness (QED) is 0.465. The predicted molar refractivity (Wildman–Crippen MR) is 27.0 cm³/mol. The molecule has 0 fully saturated rings. The van der Waals surface area contributed by atoms with Crippen molar-refractivity contribution in [3.05, 3.63) is 0 Å². The van der Waals surface area contributed by atoms with Crippen LogP contribution >= 0.6 is 0 Å². The summed E-state index contributed by atoms with van der Waals surface area (Å²) in [5, 5.41) is 4.92. The van der Waals surface area contributed by atoms with Crippen LogP contribution in [0.25, 0.3) is 0 Å². The van der Waals surface area contributed by atoms with Crippen LogP contribution in [0.5, 0.6) is 0 Å². The predicted octanol–water partition coefficient (Wildman–Crippen LogP) is -0.234. The van der Waals surface area contributed by atoms with Crippen LogP contribution in [0.3, 0.4) is 0 Å². The van der Waals surface area contributed by atoms with Crippen molar-refractivity contribution in [2.45, 2.75) is 6.42 Å². The van der Waals surface area contributed by atoms with E-state index in [1.54, 1.807) is 6.21 Å². The van der Waals surface area contributed by atoms with Crippen molar-refractivity contribution in [2.75, 3.05) is 6.54 Å². The molecule has 4 heteroatoms. The zero-order valence-electron chi connectivity index (χ0n) is 4.28. The summed E-state index contributed by atoms with van der Waals surface area (Å²) in [7, 11) is 0. The highest BCUT2D eigenvalue weighted by Gasteiger charge is 2.03. The number of hydroxylamine groups is 1. The molecule has 0 N–H and O–H groups in total. The molecule has 8 heavy (non-hydrogen) atoms. The topological polar surface area (TPSA) is 41.9 Å². The second kappa shape index (κ2) is 2.30. The van der Waals surface area contributed by atoms with Gasteiger partial charge in [0.2, 0.25) is 0 Å². The number of hydrogen-bond acceptors (Lipinski definition) is 4. The monoisotopic (exact) mass is 114 g/mol. The van der Waals surface area contributed by atoms with Crippen LogP contribution in [-0.4, -0.2) is 24.4 Å². The second-order valence-electron chi connectivity index (χ2n) is 1.36. The lowest BCUT2D eigenvalue weighted by Gasteiger charge is -2.06. The van der Waals surface area contributed by atoms with E-state index in [-0.39, 0.29) is 0 Å². The average Bonchev–Trinajstić information content (AvgIpc) is 2.19. The van der Waals surface area contributed by atoms with E-state index in [9.17, 15) is 4.79 Å². The van der Waals surface area contributed by atoms with E-state index >= 15 is 0 Å². The lowest BCUT2D eigenvalue weighted by atomic mass is 10.5. The van der Waals surface area contributed by atoms with E-state index < -0.39 is 0 Å². The van der Waals surface area contributed by atoms with E-state index in [1.165, 1.54) is 5.17 Å². The molecule has 44 valence electrons. The molecular weight excluding hydrogens is 108 g/mol. The summed E-state index contributed by atoms with van der Waals surface area (Å²) in [6, 6.07) is 0. The smallest absolute Gasteiger partial charge is 0.322 e. The minimum Gasteiger partial charge on any atom is -0.327 e. The minimum absolute atomic E-state index is 0.364. The maximum absolute atomic E-state index is 9.62. The summed E-state index contributed by atoms with van der Waals surface area (Å²) < 4.78 is 0. The summed E-state index contributed by atoms with van der Waals surface area (Å²) in [4.78, 5) is 14.0. The highest BCUT2D eigenvalue weighted by Crippen LogP contribution is 1.97. The van der Waals surface area contributed by atoms with Crippen molar-refractivity contribution < 1.29 is 9.63 Å². The fourth-order valence-corrected chi connectivity index (χ4v) is 0.504. The van der Waals surface area contributed by atoms with Crippen molar-refractivity contribution in [3.8, 4) is 0 Å². The molecule has 0 aromatic heterocycles. The Labute approximate surface area is 46.7 Å². The van der Waals surface area contributed by atoms with Crippen LogP contribution < -0.4 is 0 Å². The lowest BCUT2D eigenvalue weighted by Crippen LogP contribution is -2.12. The maximum Gasteiger partial charge on any atom is 0.322 e.